The van der Waals surface area contributed by atoms with Crippen molar-refractivity contribution in [3.8, 4) is 0 Å². The summed E-state index contributed by atoms with van der Waals surface area (Å²) < 4.78 is 0.614. The smallest absolute Gasteiger partial charge is 0.284 e. The van der Waals surface area contributed by atoms with E-state index in [-0.39, 0.29) is 11.5 Å². The normalized spacial score (nSPS) is 10.5. The summed E-state index contributed by atoms with van der Waals surface area (Å²) in [5.41, 5.74) is 0.221. The highest BCUT2D eigenvalue weighted by molar-refractivity contribution is 8.01. The summed E-state index contributed by atoms with van der Waals surface area (Å²) in [4.78, 5) is 22.5. The van der Waals surface area contributed by atoms with Crippen molar-refractivity contribution in [2.75, 3.05) is 11.9 Å². The zero-order chi connectivity index (χ0) is 16.8. The fourth-order valence-corrected chi connectivity index (χ4v) is 3.57. The molecule has 0 atom stereocenters. The van der Waals surface area contributed by atoms with Crippen LogP contribution in [0.25, 0.3) is 0 Å². The van der Waals surface area contributed by atoms with Crippen LogP contribution >= 0.6 is 23.1 Å². The van der Waals surface area contributed by atoms with Crippen LogP contribution in [0.4, 0.5) is 10.8 Å². The van der Waals surface area contributed by atoms with Crippen LogP contribution in [0.2, 0.25) is 0 Å². The molecule has 1 N–H and O–H groups in total. The Morgan fingerprint density at radius 3 is 2.87 bits per heavy atom. The highest BCUT2D eigenvalue weighted by atomic mass is 32.2. The maximum absolute atomic E-state index is 11.4. The number of ketones is 1. The van der Waals surface area contributed by atoms with Crippen LogP contribution < -0.4 is 5.32 Å². The number of carbonyl (C=O) groups excluding carboxylic acids is 1. The minimum atomic E-state index is -0.490. The number of nitrogens with one attached hydrogen (secondary N) is 1. The summed E-state index contributed by atoms with van der Waals surface area (Å²) in [6.45, 7) is 4.31. The van der Waals surface area contributed by atoms with Crippen molar-refractivity contribution in [1.29, 1.82) is 0 Å². The largest absolute Gasteiger partial charge is 0.360 e. The molecule has 9 heteroatoms. The Morgan fingerprint density at radius 1 is 1.43 bits per heavy atom. The molecule has 0 aliphatic carbocycles. The Bertz CT molecular complexity index is 718. The molecule has 0 bridgehead atoms. The van der Waals surface area contributed by atoms with E-state index in [1.54, 1.807) is 12.1 Å². The first-order valence-corrected chi connectivity index (χ1v) is 8.69. The molecule has 2 aromatic rings. The Labute approximate surface area is 141 Å². The Kier molecular flexibility index (Phi) is 6.05. The molecule has 0 amide bonds. The molecule has 7 nitrogen and oxygen atoms in total. The zero-order valence-electron chi connectivity index (χ0n) is 12.7. The van der Waals surface area contributed by atoms with Gasteiger partial charge < -0.3 is 5.32 Å². The number of rotatable bonds is 8. The quantitative estimate of drug-likeness (QED) is 0.332. The first kappa shape index (κ1) is 17.4. The van der Waals surface area contributed by atoms with Crippen LogP contribution in [0, 0.1) is 10.1 Å². The summed E-state index contributed by atoms with van der Waals surface area (Å²) in [6.07, 6.45) is 2.13. The highest BCUT2D eigenvalue weighted by Crippen LogP contribution is 2.37. The molecule has 23 heavy (non-hydrogen) atoms. The molecular formula is C14H16N4O3S2. The summed E-state index contributed by atoms with van der Waals surface area (Å²) >= 11 is 2.52. The summed E-state index contributed by atoms with van der Waals surface area (Å²) in [5, 5.41) is 23.1. The molecule has 0 saturated carbocycles. The zero-order valence-corrected chi connectivity index (χ0v) is 14.4. The predicted molar refractivity (Wildman–Crippen MR) is 90.5 cm³/mol. The van der Waals surface area contributed by atoms with Crippen LogP contribution in [0.15, 0.2) is 27.4 Å². The van der Waals surface area contributed by atoms with Crippen molar-refractivity contribution in [1.82, 2.24) is 10.2 Å². The number of nitro groups is 1. The van der Waals surface area contributed by atoms with Gasteiger partial charge in [0.15, 0.2) is 10.1 Å². The Morgan fingerprint density at radius 2 is 2.22 bits per heavy atom. The molecule has 0 spiro atoms. The Balaban J connectivity index is 2.16. The van der Waals surface area contributed by atoms with Crippen LogP contribution in [-0.4, -0.2) is 27.4 Å². The minimum Gasteiger partial charge on any atom is -0.360 e. The van der Waals surface area contributed by atoms with E-state index in [4.69, 9.17) is 0 Å². The van der Waals surface area contributed by atoms with Gasteiger partial charge in [-0.1, -0.05) is 24.7 Å². The molecule has 2 rings (SSSR count). The van der Waals surface area contributed by atoms with Gasteiger partial charge in [-0.2, -0.15) is 0 Å². The molecule has 0 radical (unpaired) electrons. The monoisotopic (exact) mass is 352 g/mol. The molecule has 1 aromatic heterocycles. The van der Waals surface area contributed by atoms with Crippen LogP contribution in [0.3, 0.4) is 0 Å². The lowest BCUT2D eigenvalue weighted by Gasteiger charge is -2.02. The molecule has 0 aliphatic rings. The van der Waals surface area contributed by atoms with Gasteiger partial charge in [0.1, 0.15) is 0 Å². The van der Waals surface area contributed by atoms with Crippen molar-refractivity contribution in [3.05, 3.63) is 33.9 Å². The van der Waals surface area contributed by atoms with Crippen molar-refractivity contribution in [2.24, 2.45) is 0 Å². The second kappa shape index (κ2) is 8.02. The Hall–Kier alpha value is -2.00. The fraction of sp³-hybridized carbons (Fsp3) is 0.357. The number of nitro benzene ring substituents is 1. The van der Waals surface area contributed by atoms with E-state index in [0.717, 1.165) is 19.4 Å². The average Bonchev–Trinajstić information content (AvgIpc) is 2.95. The van der Waals surface area contributed by atoms with Gasteiger partial charge in [0.2, 0.25) is 5.13 Å². The number of anilines is 1. The third-order valence-electron chi connectivity index (χ3n) is 2.97. The number of benzene rings is 1. The van der Waals surface area contributed by atoms with Crippen molar-refractivity contribution >= 4 is 39.7 Å². The third-order valence-corrected chi connectivity index (χ3v) is 4.97. The van der Waals surface area contributed by atoms with E-state index in [1.807, 2.05) is 0 Å². The summed E-state index contributed by atoms with van der Waals surface area (Å²) in [7, 11) is 0. The van der Waals surface area contributed by atoms with Gasteiger partial charge >= 0.3 is 0 Å². The number of unbranched alkanes of at least 4 members (excludes halogenated alkanes) is 1. The second-order valence-corrected chi connectivity index (χ2v) is 7.02. The number of Topliss-reactive ketones (excluding diaryl/α,β-unsaturated/α-hetero) is 1. The minimum absolute atomic E-state index is 0.0987. The molecule has 0 unspecified atom stereocenters. The van der Waals surface area contributed by atoms with Crippen molar-refractivity contribution in [2.45, 2.75) is 35.9 Å². The summed E-state index contributed by atoms with van der Waals surface area (Å²) in [6, 6.07) is 4.45. The molecule has 1 aromatic carbocycles. The lowest BCUT2D eigenvalue weighted by Crippen LogP contribution is -1.99. The van der Waals surface area contributed by atoms with Crippen molar-refractivity contribution in [3.63, 3.8) is 0 Å². The van der Waals surface area contributed by atoms with Gasteiger partial charge in [0, 0.05) is 18.2 Å². The fourth-order valence-electron chi connectivity index (χ4n) is 1.75. The number of aromatic nitrogens is 2. The molecule has 1 heterocycles. The van der Waals surface area contributed by atoms with Gasteiger partial charge in [-0.25, -0.2) is 0 Å². The van der Waals surface area contributed by atoms with Crippen LogP contribution in [0.5, 0.6) is 0 Å². The number of hydrogen-bond acceptors (Lipinski definition) is 8. The number of hydrogen-bond donors (Lipinski definition) is 1. The maximum atomic E-state index is 11.4. The first-order chi connectivity index (χ1) is 11.0. The van der Waals surface area contributed by atoms with Gasteiger partial charge in [-0.05, 0) is 37.2 Å². The van der Waals surface area contributed by atoms with Crippen LogP contribution in [0.1, 0.15) is 37.0 Å². The number of carbonyl (C=O) groups is 1. The summed E-state index contributed by atoms with van der Waals surface area (Å²) in [5.74, 6) is -0.206. The van der Waals surface area contributed by atoms with E-state index in [2.05, 4.69) is 22.4 Å². The first-order valence-electron chi connectivity index (χ1n) is 7.06. The lowest BCUT2D eigenvalue weighted by molar-refractivity contribution is -0.387. The van der Waals surface area contributed by atoms with E-state index in [1.165, 1.54) is 36.1 Å². The second-order valence-electron chi connectivity index (χ2n) is 4.75. The predicted octanol–water partition coefficient (Wildman–Crippen LogP) is 4.01. The molecular weight excluding hydrogens is 336 g/mol. The van der Waals surface area contributed by atoms with Gasteiger partial charge in [0.05, 0.1) is 9.82 Å². The lowest BCUT2D eigenvalue weighted by atomic mass is 10.1. The van der Waals surface area contributed by atoms with E-state index < -0.39 is 4.92 Å². The number of nitrogens with zero attached hydrogens (tertiary/aromatic N) is 3. The van der Waals surface area contributed by atoms with Crippen molar-refractivity contribution < 1.29 is 9.72 Å². The van der Waals surface area contributed by atoms with E-state index in [9.17, 15) is 14.9 Å². The molecule has 0 fully saturated rings. The third kappa shape index (κ3) is 4.73. The van der Waals surface area contributed by atoms with E-state index in [0.29, 0.717) is 19.9 Å². The maximum Gasteiger partial charge on any atom is 0.284 e. The highest BCUT2D eigenvalue weighted by Gasteiger charge is 2.18. The topological polar surface area (TPSA) is 98.0 Å². The van der Waals surface area contributed by atoms with E-state index >= 15 is 0 Å². The molecule has 0 saturated heterocycles. The van der Waals surface area contributed by atoms with Gasteiger partial charge in [-0.15, -0.1) is 10.2 Å². The molecule has 122 valence electrons. The average molecular weight is 352 g/mol. The standard InChI is InChI=1S/C14H16N4O3S2/c1-3-4-7-15-13-16-17-14(23-13)22-12-6-5-10(9(2)19)8-11(12)18(20)21/h5-6,8H,3-4,7H2,1-2H3,(H,15,16). The van der Waals surface area contributed by atoms with Gasteiger partial charge in [-0.3, -0.25) is 14.9 Å². The SMILES string of the molecule is CCCCNc1nnc(Sc2ccc(C(C)=O)cc2[N+](=O)[O-])s1. The molecule has 0 aliphatic heterocycles. The van der Waals surface area contributed by atoms with Gasteiger partial charge in [0.25, 0.3) is 5.69 Å². The van der Waals surface area contributed by atoms with Crippen LogP contribution in [-0.2, 0) is 0 Å².